The van der Waals surface area contributed by atoms with E-state index in [-0.39, 0.29) is 5.56 Å². The van der Waals surface area contributed by atoms with Crippen molar-refractivity contribution < 1.29 is 23.8 Å². The van der Waals surface area contributed by atoms with Gasteiger partial charge in [-0.2, -0.15) is 0 Å². The first-order valence-electron chi connectivity index (χ1n) is 9.16. The average Bonchev–Trinajstić information content (AvgIpc) is 3.01. The molecular weight excluding hydrogens is 374 g/mol. The Labute approximate surface area is 167 Å². The number of carbonyl (C=O) groups is 2. The first-order valence-corrected chi connectivity index (χ1v) is 9.16. The SMILES string of the molecule is COC1(c2ccccc2)CCc2c(C(=O)OC(N)=O)cc3c(nc(C)n3C)c2O1. The molecule has 8 heteroatoms. The fourth-order valence-corrected chi connectivity index (χ4v) is 3.80. The van der Waals surface area contributed by atoms with Crippen LogP contribution >= 0.6 is 0 Å². The van der Waals surface area contributed by atoms with Crippen LogP contribution in [0.15, 0.2) is 36.4 Å². The Morgan fingerprint density at radius 1 is 1.28 bits per heavy atom. The lowest BCUT2D eigenvalue weighted by Crippen LogP contribution is -2.39. The smallest absolute Gasteiger partial charge is 0.412 e. The molecule has 29 heavy (non-hydrogen) atoms. The van der Waals surface area contributed by atoms with Crippen LogP contribution in [0.1, 0.15) is 33.7 Å². The zero-order valence-corrected chi connectivity index (χ0v) is 16.4. The number of nitrogens with zero attached hydrogens (tertiary/aromatic N) is 2. The number of aromatic nitrogens is 2. The predicted octanol–water partition coefficient (Wildman–Crippen LogP) is 2.94. The Morgan fingerprint density at radius 3 is 2.66 bits per heavy atom. The Hall–Kier alpha value is -3.39. The number of ether oxygens (including phenoxy) is 3. The van der Waals surface area contributed by atoms with Gasteiger partial charge < -0.3 is 24.5 Å². The second-order valence-electron chi connectivity index (χ2n) is 6.95. The third-order valence-electron chi connectivity index (χ3n) is 5.39. The van der Waals surface area contributed by atoms with Crippen LogP contribution in [0.5, 0.6) is 5.75 Å². The minimum Gasteiger partial charge on any atom is -0.455 e. The van der Waals surface area contributed by atoms with Gasteiger partial charge in [0.1, 0.15) is 11.3 Å². The van der Waals surface area contributed by atoms with E-state index in [2.05, 4.69) is 9.72 Å². The van der Waals surface area contributed by atoms with Crippen LogP contribution in [0.25, 0.3) is 11.0 Å². The largest absolute Gasteiger partial charge is 0.455 e. The first-order chi connectivity index (χ1) is 13.9. The molecule has 2 N–H and O–H groups in total. The maximum absolute atomic E-state index is 12.6. The van der Waals surface area contributed by atoms with Gasteiger partial charge in [0.05, 0.1) is 11.1 Å². The molecule has 0 saturated carbocycles. The summed E-state index contributed by atoms with van der Waals surface area (Å²) in [6.07, 6.45) is -0.223. The van der Waals surface area contributed by atoms with Gasteiger partial charge in [-0.15, -0.1) is 0 Å². The van der Waals surface area contributed by atoms with E-state index in [1.165, 1.54) is 0 Å². The minimum absolute atomic E-state index is 0.229. The van der Waals surface area contributed by atoms with Crippen molar-refractivity contribution in [3.8, 4) is 5.75 Å². The summed E-state index contributed by atoms with van der Waals surface area (Å²) < 4.78 is 18.7. The molecular formula is C21H21N3O5. The number of hydrogen-bond acceptors (Lipinski definition) is 6. The zero-order chi connectivity index (χ0) is 20.8. The second kappa shape index (κ2) is 6.89. The summed E-state index contributed by atoms with van der Waals surface area (Å²) in [5.74, 6) is -0.638. The molecule has 1 aliphatic heterocycles. The molecule has 0 fully saturated rings. The van der Waals surface area contributed by atoms with Gasteiger partial charge in [-0.1, -0.05) is 30.3 Å². The van der Waals surface area contributed by atoms with Crippen LogP contribution < -0.4 is 10.5 Å². The molecule has 1 atom stereocenters. The lowest BCUT2D eigenvalue weighted by Gasteiger charge is -2.38. The Kier molecular flexibility index (Phi) is 4.50. The van der Waals surface area contributed by atoms with Crippen molar-refractivity contribution in [1.29, 1.82) is 0 Å². The number of hydrogen-bond donors (Lipinski definition) is 1. The van der Waals surface area contributed by atoms with E-state index in [1.807, 2.05) is 48.9 Å². The molecule has 1 amide bonds. The summed E-state index contributed by atoms with van der Waals surface area (Å²) in [4.78, 5) is 28.3. The van der Waals surface area contributed by atoms with E-state index < -0.39 is 17.8 Å². The van der Waals surface area contributed by atoms with Gasteiger partial charge >= 0.3 is 12.1 Å². The molecule has 150 valence electrons. The molecule has 1 aromatic heterocycles. The highest BCUT2D eigenvalue weighted by Gasteiger charge is 2.41. The first kappa shape index (κ1) is 18.9. The van der Waals surface area contributed by atoms with Gasteiger partial charge in [0.25, 0.3) is 0 Å². The molecule has 4 rings (SSSR count). The van der Waals surface area contributed by atoms with Gasteiger partial charge in [-0.05, 0) is 19.4 Å². The fraction of sp³-hybridized carbons (Fsp3) is 0.286. The number of benzene rings is 2. The van der Waals surface area contributed by atoms with E-state index in [0.717, 1.165) is 11.4 Å². The minimum atomic E-state index is -1.16. The highest BCUT2D eigenvalue weighted by atomic mass is 16.7. The summed E-state index contributed by atoms with van der Waals surface area (Å²) in [5, 5.41) is 0. The van der Waals surface area contributed by atoms with Crippen LogP contribution in [-0.2, 0) is 28.7 Å². The normalized spacial score (nSPS) is 18.2. The van der Waals surface area contributed by atoms with Crippen LogP contribution in [-0.4, -0.2) is 28.7 Å². The molecule has 2 heterocycles. The molecule has 1 unspecified atom stereocenters. The highest BCUT2D eigenvalue weighted by Crippen LogP contribution is 2.45. The van der Waals surface area contributed by atoms with E-state index >= 15 is 0 Å². The number of methoxy groups -OCH3 is 1. The molecule has 0 aliphatic carbocycles. The summed E-state index contributed by atoms with van der Waals surface area (Å²) in [5.41, 5.74) is 8.05. The number of fused-ring (bicyclic) bond motifs is 3. The Bertz CT molecular complexity index is 1120. The number of aryl methyl sites for hydroxylation is 2. The quantitative estimate of drug-likeness (QED) is 0.540. The van der Waals surface area contributed by atoms with E-state index in [9.17, 15) is 9.59 Å². The lowest BCUT2D eigenvalue weighted by molar-refractivity contribution is -0.183. The van der Waals surface area contributed by atoms with Crippen molar-refractivity contribution >= 4 is 23.1 Å². The predicted molar refractivity (Wildman–Crippen MR) is 105 cm³/mol. The number of amides is 1. The van der Waals surface area contributed by atoms with Crippen LogP contribution in [0.3, 0.4) is 0 Å². The van der Waals surface area contributed by atoms with Crippen LogP contribution in [0.2, 0.25) is 0 Å². The molecule has 0 spiro atoms. The fourth-order valence-electron chi connectivity index (χ4n) is 3.80. The lowest BCUT2D eigenvalue weighted by atomic mass is 9.91. The monoisotopic (exact) mass is 395 g/mol. The maximum atomic E-state index is 12.6. The summed E-state index contributed by atoms with van der Waals surface area (Å²) in [7, 11) is 3.42. The highest BCUT2D eigenvalue weighted by molar-refractivity contribution is 6.02. The van der Waals surface area contributed by atoms with E-state index in [4.69, 9.17) is 15.2 Å². The average molecular weight is 395 g/mol. The maximum Gasteiger partial charge on any atom is 0.412 e. The standard InChI is InChI=1S/C21H21N3O5/c1-12-23-17-16(24(12)2)11-15(19(25)28-20(22)26)14-9-10-21(27-3,29-18(14)17)13-7-5-4-6-8-13/h4-8,11H,9-10H2,1-3H3,(H2,22,26). The molecule has 3 aromatic rings. The number of primary amides is 1. The number of carbonyl (C=O) groups excluding carboxylic acids is 2. The van der Waals surface area contributed by atoms with Crippen molar-refractivity contribution in [3.05, 3.63) is 58.9 Å². The van der Waals surface area contributed by atoms with Gasteiger partial charge in [0.2, 0.25) is 5.79 Å². The molecule has 0 bridgehead atoms. The molecule has 0 radical (unpaired) electrons. The second-order valence-corrected chi connectivity index (χ2v) is 6.95. The van der Waals surface area contributed by atoms with Gasteiger partial charge in [-0.25, -0.2) is 14.6 Å². The van der Waals surface area contributed by atoms with Crippen molar-refractivity contribution in [3.63, 3.8) is 0 Å². The molecule has 1 aliphatic rings. The molecule has 0 saturated heterocycles. The Balaban J connectivity index is 1.93. The van der Waals surface area contributed by atoms with Gasteiger partial charge in [0, 0.05) is 31.7 Å². The summed E-state index contributed by atoms with van der Waals surface area (Å²) >= 11 is 0. The van der Waals surface area contributed by atoms with Crippen LogP contribution in [0.4, 0.5) is 4.79 Å². The van der Waals surface area contributed by atoms with Gasteiger partial charge in [-0.3, -0.25) is 0 Å². The zero-order valence-electron chi connectivity index (χ0n) is 16.4. The number of rotatable bonds is 3. The summed E-state index contributed by atoms with van der Waals surface area (Å²) in [6, 6.07) is 11.3. The van der Waals surface area contributed by atoms with Crippen molar-refractivity contribution in [2.75, 3.05) is 7.11 Å². The topological polar surface area (TPSA) is 106 Å². The van der Waals surface area contributed by atoms with E-state index in [0.29, 0.717) is 35.2 Å². The van der Waals surface area contributed by atoms with Crippen molar-refractivity contribution in [2.24, 2.45) is 12.8 Å². The number of esters is 1. The van der Waals surface area contributed by atoms with Crippen LogP contribution in [0, 0.1) is 6.92 Å². The van der Waals surface area contributed by atoms with E-state index in [1.54, 1.807) is 13.2 Å². The number of nitrogens with two attached hydrogens (primary N) is 1. The molecule has 8 nitrogen and oxygen atoms in total. The molecule has 2 aromatic carbocycles. The van der Waals surface area contributed by atoms with Gasteiger partial charge in [0.15, 0.2) is 5.75 Å². The van der Waals surface area contributed by atoms with Crippen molar-refractivity contribution in [1.82, 2.24) is 9.55 Å². The number of imidazole rings is 1. The third-order valence-corrected chi connectivity index (χ3v) is 5.39. The summed E-state index contributed by atoms with van der Waals surface area (Å²) in [6.45, 7) is 1.86. The van der Waals surface area contributed by atoms with Crippen molar-refractivity contribution in [2.45, 2.75) is 25.6 Å². The third kappa shape index (κ3) is 3.01. The Morgan fingerprint density at radius 2 is 2.00 bits per heavy atom.